The van der Waals surface area contributed by atoms with Crippen molar-refractivity contribution >= 4 is 5.91 Å². The van der Waals surface area contributed by atoms with E-state index in [0.29, 0.717) is 11.6 Å². The molecule has 1 rings (SSSR count). The van der Waals surface area contributed by atoms with E-state index in [1.54, 1.807) is 6.07 Å². The summed E-state index contributed by atoms with van der Waals surface area (Å²) in [5.74, 6) is 0.228. The molecule has 0 bridgehead atoms. The van der Waals surface area contributed by atoms with Crippen LogP contribution in [0.15, 0.2) is 16.9 Å². The monoisotopic (exact) mass is 182 g/mol. The van der Waals surface area contributed by atoms with Crippen LogP contribution >= 0.6 is 0 Å². The Bertz CT molecular complexity index is 267. The maximum Gasteiger partial charge on any atom is 0.273 e. The van der Waals surface area contributed by atoms with E-state index in [9.17, 15) is 4.79 Å². The number of nitrogens with one attached hydrogen (secondary N) is 1. The van der Waals surface area contributed by atoms with Gasteiger partial charge in [0.1, 0.15) is 6.26 Å². The minimum atomic E-state index is -0.185. The van der Waals surface area contributed by atoms with Gasteiger partial charge >= 0.3 is 0 Å². The van der Waals surface area contributed by atoms with E-state index in [2.05, 4.69) is 15.0 Å². The quantitative estimate of drug-likeness (QED) is 0.769. The van der Waals surface area contributed by atoms with E-state index in [0.717, 1.165) is 0 Å². The zero-order chi connectivity index (χ0) is 9.84. The molecule has 0 aromatic carbocycles. The molecule has 1 aromatic heterocycles. The van der Waals surface area contributed by atoms with Gasteiger partial charge in [0, 0.05) is 12.1 Å². The Kier molecular flexibility index (Phi) is 3.06. The van der Waals surface area contributed by atoms with Gasteiger partial charge in [0.2, 0.25) is 0 Å². The fourth-order valence-corrected chi connectivity index (χ4v) is 0.777. The molecule has 1 aromatic rings. The van der Waals surface area contributed by atoms with Gasteiger partial charge in [-0.25, -0.2) is 0 Å². The molecule has 0 aliphatic carbocycles. The summed E-state index contributed by atoms with van der Waals surface area (Å²) in [6, 6.07) is 1.69. The summed E-state index contributed by atoms with van der Waals surface area (Å²) >= 11 is 0. The second-order valence-corrected chi connectivity index (χ2v) is 3.39. The first-order valence-electron chi connectivity index (χ1n) is 4.32. The Morgan fingerprint density at radius 1 is 1.54 bits per heavy atom. The molecule has 4 nitrogen and oxygen atoms in total. The Hall–Kier alpha value is -1.32. The number of carbonyl (C=O) groups excluding carboxylic acids is 1. The molecule has 1 heterocycles. The van der Waals surface area contributed by atoms with Gasteiger partial charge in [0.25, 0.3) is 5.91 Å². The molecule has 1 amide bonds. The van der Waals surface area contributed by atoms with Crippen molar-refractivity contribution in [1.29, 1.82) is 0 Å². The standard InChI is InChI=1S/C9H14N2O2/c1-6(2)7(3)10-9(12)8-4-5-13-11-8/h4-7H,1-3H3,(H,10,12)/t7-/m1/s1. The van der Waals surface area contributed by atoms with E-state index >= 15 is 0 Å². The molecule has 4 heteroatoms. The van der Waals surface area contributed by atoms with Crippen LogP contribution in [-0.4, -0.2) is 17.1 Å². The molecular weight excluding hydrogens is 168 g/mol. The van der Waals surface area contributed by atoms with Gasteiger partial charge in [-0.3, -0.25) is 4.79 Å². The zero-order valence-electron chi connectivity index (χ0n) is 8.07. The van der Waals surface area contributed by atoms with Crippen LogP contribution in [0.4, 0.5) is 0 Å². The lowest BCUT2D eigenvalue weighted by atomic mass is 10.1. The van der Waals surface area contributed by atoms with Crippen LogP contribution in [-0.2, 0) is 0 Å². The fourth-order valence-electron chi connectivity index (χ4n) is 0.777. The first kappa shape index (κ1) is 9.77. The van der Waals surface area contributed by atoms with Crippen molar-refractivity contribution in [2.24, 2.45) is 5.92 Å². The van der Waals surface area contributed by atoms with Crippen LogP contribution in [0.5, 0.6) is 0 Å². The minimum Gasteiger partial charge on any atom is -0.364 e. The van der Waals surface area contributed by atoms with Crippen molar-refractivity contribution in [1.82, 2.24) is 10.5 Å². The molecule has 0 fully saturated rings. The predicted molar refractivity (Wildman–Crippen MR) is 48.3 cm³/mol. The minimum absolute atomic E-state index is 0.143. The van der Waals surface area contributed by atoms with E-state index in [4.69, 9.17) is 0 Å². The summed E-state index contributed by atoms with van der Waals surface area (Å²) in [5.41, 5.74) is 0.326. The maximum absolute atomic E-state index is 11.4. The van der Waals surface area contributed by atoms with Crippen molar-refractivity contribution in [2.75, 3.05) is 0 Å². The highest BCUT2D eigenvalue weighted by Crippen LogP contribution is 2.01. The number of hydrogen-bond acceptors (Lipinski definition) is 3. The average Bonchev–Trinajstić information content (AvgIpc) is 2.55. The normalized spacial score (nSPS) is 12.9. The molecule has 1 atom stereocenters. The SMILES string of the molecule is CC(C)[C@@H](C)NC(=O)c1ccon1. The summed E-state index contributed by atoms with van der Waals surface area (Å²) in [4.78, 5) is 11.4. The lowest BCUT2D eigenvalue weighted by molar-refractivity contribution is 0.0921. The van der Waals surface area contributed by atoms with Crippen LogP contribution in [0.3, 0.4) is 0 Å². The second-order valence-electron chi connectivity index (χ2n) is 3.39. The van der Waals surface area contributed by atoms with Crippen molar-refractivity contribution in [3.05, 3.63) is 18.0 Å². The van der Waals surface area contributed by atoms with E-state index in [1.807, 2.05) is 20.8 Å². The first-order valence-corrected chi connectivity index (χ1v) is 4.32. The Balaban J connectivity index is 2.52. The third-order valence-electron chi connectivity index (χ3n) is 2.03. The highest BCUT2D eigenvalue weighted by Gasteiger charge is 2.13. The summed E-state index contributed by atoms with van der Waals surface area (Å²) in [7, 11) is 0. The largest absolute Gasteiger partial charge is 0.364 e. The number of hydrogen-bond donors (Lipinski definition) is 1. The predicted octanol–water partition coefficient (Wildman–Crippen LogP) is 1.45. The lowest BCUT2D eigenvalue weighted by Gasteiger charge is -2.16. The third-order valence-corrected chi connectivity index (χ3v) is 2.03. The van der Waals surface area contributed by atoms with E-state index < -0.39 is 0 Å². The van der Waals surface area contributed by atoms with Crippen LogP contribution in [0.2, 0.25) is 0 Å². The number of amides is 1. The molecule has 0 saturated heterocycles. The smallest absolute Gasteiger partial charge is 0.273 e. The topological polar surface area (TPSA) is 55.1 Å². The molecule has 0 radical (unpaired) electrons. The Morgan fingerprint density at radius 3 is 2.69 bits per heavy atom. The molecule has 0 spiro atoms. The molecule has 0 saturated carbocycles. The first-order chi connectivity index (χ1) is 6.11. The highest BCUT2D eigenvalue weighted by molar-refractivity contribution is 5.92. The van der Waals surface area contributed by atoms with Gasteiger partial charge in [-0.15, -0.1) is 0 Å². The Morgan fingerprint density at radius 2 is 2.23 bits per heavy atom. The van der Waals surface area contributed by atoms with Gasteiger partial charge in [0.05, 0.1) is 0 Å². The second kappa shape index (κ2) is 4.07. The van der Waals surface area contributed by atoms with Crippen molar-refractivity contribution < 1.29 is 9.32 Å². The van der Waals surface area contributed by atoms with Gasteiger partial charge in [0.15, 0.2) is 5.69 Å². The fraction of sp³-hybridized carbons (Fsp3) is 0.556. The Labute approximate surface area is 77.3 Å². The van der Waals surface area contributed by atoms with Crippen molar-refractivity contribution in [3.63, 3.8) is 0 Å². The average molecular weight is 182 g/mol. The number of aromatic nitrogens is 1. The lowest BCUT2D eigenvalue weighted by Crippen LogP contribution is -2.36. The van der Waals surface area contributed by atoms with Crippen LogP contribution in [0, 0.1) is 5.92 Å². The molecule has 0 unspecified atom stereocenters. The summed E-state index contributed by atoms with van der Waals surface area (Å²) < 4.78 is 4.57. The summed E-state index contributed by atoms with van der Waals surface area (Å²) in [5, 5.41) is 6.36. The molecular formula is C9H14N2O2. The molecule has 0 aliphatic heterocycles. The molecule has 1 N–H and O–H groups in total. The number of rotatable bonds is 3. The van der Waals surface area contributed by atoms with Gasteiger partial charge in [-0.05, 0) is 12.8 Å². The highest BCUT2D eigenvalue weighted by atomic mass is 16.5. The summed E-state index contributed by atoms with van der Waals surface area (Å²) in [6.45, 7) is 6.06. The van der Waals surface area contributed by atoms with E-state index in [-0.39, 0.29) is 11.9 Å². The van der Waals surface area contributed by atoms with Crippen LogP contribution in [0.1, 0.15) is 31.3 Å². The third kappa shape index (κ3) is 2.57. The number of nitrogens with zero attached hydrogens (tertiary/aromatic N) is 1. The molecule has 13 heavy (non-hydrogen) atoms. The van der Waals surface area contributed by atoms with Gasteiger partial charge in [-0.1, -0.05) is 19.0 Å². The molecule has 0 aliphatic rings. The number of carbonyl (C=O) groups is 1. The summed E-state index contributed by atoms with van der Waals surface area (Å²) in [6.07, 6.45) is 1.38. The van der Waals surface area contributed by atoms with Gasteiger partial charge in [-0.2, -0.15) is 0 Å². The van der Waals surface area contributed by atoms with Crippen molar-refractivity contribution in [2.45, 2.75) is 26.8 Å². The van der Waals surface area contributed by atoms with Crippen LogP contribution in [0.25, 0.3) is 0 Å². The molecule has 72 valence electrons. The van der Waals surface area contributed by atoms with Crippen molar-refractivity contribution in [3.8, 4) is 0 Å². The van der Waals surface area contributed by atoms with Crippen LogP contribution < -0.4 is 5.32 Å². The van der Waals surface area contributed by atoms with Gasteiger partial charge < -0.3 is 9.84 Å². The maximum atomic E-state index is 11.4. The van der Waals surface area contributed by atoms with E-state index in [1.165, 1.54) is 6.26 Å². The zero-order valence-corrected chi connectivity index (χ0v) is 8.07.